The summed E-state index contributed by atoms with van der Waals surface area (Å²) in [4.78, 5) is 35.4. The number of ether oxygens (including phenoxy) is 1. The van der Waals surface area contributed by atoms with Crippen LogP contribution in [0.15, 0.2) is 21.3 Å². The average Bonchev–Trinajstić information content (AvgIpc) is 2.54. The van der Waals surface area contributed by atoms with Crippen LogP contribution in [0.3, 0.4) is 0 Å². The molecule has 0 unspecified atom stereocenters. The summed E-state index contributed by atoms with van der Waals surface area (Å²) in [5.41, 5.74) is -0.141. The van der Waals surface area contributed by atoms with E-state index in [0.717, 1.165) is 6.07 Å². The maximum atomic E-state index is 12.1. The molecule has 2 rings (SSSR count). The van der Waals surface area contributed by atoms with Crippen LogP contribution in [0, 0.1) is 13.8 Å². The Morgan fingerprint density at radius 2 is 1.65 bits per heavy atom. The molecule has 1 N–H and O–H groups in total. The standard InChI is InChI=1S/C16H11Cl4NO5/c1-6-3-11(23)26-7(2)12(6)16(24)25-5-10(22)21-15-13(19)8(17)4-9(18)14(15)20/h3-4H,5H2,1-2H3,(H,21,22). The van der Waals surface area contributed by atoms with Gasteiger partial charge in [0.2, 0.25) is 0 Å². The van der Waals surface area contributed by atoms with E-state index in [9.17, 15) is 14.4 Å². The zero-order valence-electron chi connectivity index (χ0n) is 13.4. The summed E-state index contributed by atoms with van der Waals surface area (Å²) in [6.45, 7) is 2.36. The molecule has 1 aromatic heterocycles. The van der Waals surface area contributed by atoms with Gasteiger partial charge < -0.3 is 14.5 Å². The number of anilines is 1. The summed E-state index contributed by atoms with van der Waals surface area (Å²) in [5.74, 6) is -1.44. The highest BCUT2D eigenvalue weighted by Crippen LogP contribution is 2.40. The van der Waals surface area contributed by atoms with E-state index in [2.05, 4.69) is 5.32 Å². The lowest BCUT2D eigenvalue weighted by molar-refractivity contribution is -0.119. The number of hydrogen-bond donors (Lipinski definition) is 1. The van der Waals surface area contributed by atoms with Gasteiger partial charge in [-0.05, 0) is 25.5 Å². The van der Waals surface area contributed by atoms with Crippen molar-refractivity contribution in [2.45, 2.75) is 13.8 Å². The van der Waals surface area contributed by atoms with Crippen LogP contribution >= 0.6 is 46.4 Å². The summed E-state index contributed by atoms with van der Waals surface area (Å²) in [6, 6.07) is 2.48. The summed E-state index contributed by atoms with van der Waals surface area (Å²) < 4.78 is 9.79. The number of amides is 1. The molecule has 6 nitrogen and oxygen atoms in total. The van der Waals surface area contributed by atoms with E-state index in [1.165, 1.54) is 13.0 Å². The van der Waals surface area contributed by atoms with Gasteiger partial charge in [-0.3, -0.25) is 4.79 Å². The molecule has 0 aliphatic rings. The zero-order chi connectivity index (χ0) is 19.6. The molecule has 1 amide bonds. The Labute approximate surface area is 167 Å². The number of nitrogens with one attached hydrogen (secondary N) is 1. The van der Waals surface area contributed by atoms with Gasteiger partial charge in [0.15, 0.2) is 6.61 Å². The molecule has 1 heterocycles. The van der Waals surface area contributed by atoms with E-state index >= 15 is 0 Å². The highest BCUT2D eigenvalue weighted by Gasteiger charge is 2.20. The molecule has 0 spiro atoms. The quantitative estimate of drug-likeness (QED) is 0.553. The van der Waals surface area contributed by atoms with E-state index in [0.29, 0.717) is 5.56 Å². The van der Waals surface area contributed by atoms with Crippen LogP contribution in [0.1, 0.15) is 21.7 Å². The van der Waals surface area contributed by atoms with E-state index in [1.54, 1.807) is 6.92 Å². The molecule has 0 radical (unpaired) electrons. The van der Waals surface area contributed by atoms with E-state index in [1.807, 2.05) is 0 Å². The summed E-state index contributed by atoms with van der Waals surface area (Å²) in [5, 5.41) is 2.57. The van der Waals surface area contributed by atoms with Crippen LogP contribution in [0.2, 0.25) is 20.1 Å². The summed E-state index contributed by atoms with van der Waals surface area (Å²) >= 11 is 23.7. The summed E-state index contributed by atoms with van der Waals surface area (Å²) in [6.07, 6.45) is 0. The number of aryl methyl sites for hydroxylation is 2. The van der Waals surface area contributed by atoms with Crippen molar-refractivity contribution in [1.29, 1.82) is 0 Å². The maximum Gasteiger partial charge on any atom is 0.342 e. The van der Waals surface area contributed by atoms with Gasteiger partial charge in [-0.2, -0.15) is 0 Å². The second-order valence-electron chi connectivity index (χ2n) is 5.15. The number of halogens is 4. The molecule has 2 aromatic rings. The third kappa shape index (κ3) is 4.51. The zero-order valence-corrected chi connectivity index (χ0v) is 16.4. The first-order chi connectivity index (χ1) is 12.1. The van der Waals surface area contributed by atoms with Crippen LogP contribution in [-0.4, -0.2) is 18.5 Å². The number of carbonyl (C=O) groups excluding carboxylic acids is 2. The summed E-state index contributed by atoms with van der Waals surface area (Å²) in [7, 11) is 0. The predicted octanol–water partition coefficient (Wildman–Crippen LogP) is 4.67. The average molecular weight is 439 g/mol. The minimum atomic E-state index is -0.819. The third-order valence-electron chi connectivity index (χ3n) is 3.25. The first-order valence-corrected chi connectivity index (χ1v) is 8.54. The van der Waals surface area contributed by atoms with Gasteiger partial charge in [0, 0.05) is 6.07 Å². The van der Waals surface area contributed by atoms with Gasteiger partial charge in [0.25, 0.3) is 5.91 Å². The number of rotatable bonds is 4. The molecule has 0 fully saturated rings. The van der Waals surface area contributed by atoms with Crippen LogP contribution in [-0.2, 0) is 9.53 Å². The van der Waals surface area contributed by atoms with Crippen molar-refractivity contribution < 1.29 is 18.7 Å². The monoisotopic (exact) mass is 437 g/mol. The molecule has 10 heteroatoms. The van der Waals surface area contributed by atoms with Crippen molar-refractivity contribution in [3.05, 3.63) is 59.5 Å². The second-order valence-corrected chi connectivity index (χ2v) is 6.72. The molecule has 0 aliphatic heterocycles. The molecular weight excluding hydrogens is 428 g/mol. The molecule has 0 bridgehead atoms. The normalized spacial score (nSPS) is 10.5. The van der Waals surface area contributed by atoms with Gasteiger partial charge in [-0.15, -0.1) is 0 Å². The highest BCUT2D eigenvalue weighted by molar-refractivity contribution is 6.50. The van der Waals surface area contributed by atoms with Crippen molar-refractivity contribution in [1.82, 2.24) is 0 Å². The minimum Gasteiger partial charge on any atom is -0.452 e. The molecule has 138 valence electrons. The van der Waals surface area contributed by atoms with Crippen molar-refractivity contribution >= 4 is 64.0 Å². The smallest absolute Gasteiger partial charge is 0.342 e. The Bertz CT molecular complexity index is 902. The van der Waals surface area contributed by atoms with Crippen LogP contribution in [0.4, 0.5) is 5.69 Å². The predicted molar refractivity (Wildman–Crippen MR) is 99.8 cm³/mol. The van der Waals surface area contributed by atoms with Gasteiger partial charge >= 0.3 is 11.6 Å². The molecule has 1 aromatic carbocycles. The SMILES string of the molecule is Cc1cc(=O)oc(C)c1C(=O)OCC(=O)Nc1c(Cl)c(Cl)cc(Cl)c1Cl. The molecule has 0 saturated carbocycles. The fourth-order valence-corrected chi connectivity index (χ4v) is 3.03. The molecular formula is C16H11Cl4NO5. The largest absolute Gasteiger partial charge is 0.452 e. The lowest BCUT2D eigenvalue weighted by Gasteiger charge is -2.12. The van der Waals surface area contributed by atoms with Gasteiger partial charge in [0.05, 0.1) is 25.8 Å². The molecule has 0 atom stereocenters. The van der Waals surface area contributed by atoms with E-state index in [-0.39, 0.29) is 37.1 Å². The Morgan fingerprint density at radius 3 is 2.19 bits per heavy atom. The van der Waals surface area contributed by atoms with Crippen LogP contribution in [0.5, 0.6) is 0 Å². The van der Waals surface area contributed by atoms with E-state index < -0.39 is 24.1 Å². The molecule has 26 heavy (non-hydrogen) atoms. The van der Waals surface area contributed by atoms with Crippen LogP contribution in [0.25, 0.3) is 0 Å². The third-order valence-corrected chi connectivity index (χ3v) is 4.82. The number of carbonyl (C=O) groups is 2. The lowest BCUT2D eigenvalue weighted by atomic mass is 10.1. The minimum absolute atomic E-state index is 0.00253. The Morgan fingerprint density at radius 1 is 1.08 bits per heavy atom. The molecule has 0 saturated heterocycles. The van der Waals surface area contributed by atoms with Gasteiger partial charge in [-0.25, -0.2) is 9.59 Å². The van der Waals surface area contributed by atoms with Gasteiger partial charge in [-0.1, -0.05) is 46.4 Å². The first kappa shape index (κ1) is 20.6. The Hall–Kier alpha value is -1.73. The number of hydrogen-bond acceptors (Lipinski definition) is 5. The fourth-order valence-electron chi connectivity index (χ4n) is 2.12. The second kappa shape index (κ2) is 8.31. The van der Waals surface area contributed by atoms with Crippen molar-refractivity contribution in [2.75, 3.05) is 11.9 Å². The van der Waals surface area contributed by atoms with Crippen molar-refractivity contribution in [3.63, 3.8) is 0 Å². The molecule has 0 aliphatic carbocycles. The Balaban J connectivity index is 2.11. The maximum absolute atomic E-state index is 12.1. The topological polar surface area (TPSA) is 85.6 Å². The number of benzene rings is 1. The van der Waals surface area contributed by atoms with Crippen LogP contribution < -0.4 is 10.9 Å². The van der Waals surface area contributed by atoms with Gasteiger partial charge in [0.1, 0.15) is 11.3 Å². The van der Waals surface area contributed by atoms with Crippen molar-refractivity contribution in [2.24, 2.45) is 0 Å². The fraction of sp³-hybridized carbons (Fsp3) is 0.188. The lowest BCUT2D eigenvalue weighted by Crippen LogP contribution is -2.22. The first-order valence-electron chi connectivity index (χ1n) is 7.03. The van der Waals surface area contributed by atoms with Crippen molar-refractivity contribution in [3.8, 4) is 0 Å². The van der Waals surface area contributed by atoms with E-state index in [4.69, 9.17) is 55.6 Å². The highest BCUT2D eigenvalue weighted by atomic mass is 35.5. The number of esters is 1. The Kier molecular flexibility index (Phi) is 6.58.